The second-order valence-corrected chi connectivity index (χ2v) is 6.53. The van der Waals surface area contributed by atoms with E-state index < -0.39 is 5.97 Å². The quantitative estimate of drug-likeness (QED) is 0.464. The van der Waals surface area contributed by atoms with Gasteiger partial charge in [-0.1, -0.05) is 36.4 Å². The van der Waals surface area contributed by atoms with Crippen molar-refractivity contribution in [1.82, 2.24) is 4.98 Å². The molecular weight excluding hydrogens is 350 g/mol. The van der Waals surface area contributed by atoms with Crippen molar-refractivity contribution in [3.05, 3.63) is 71.9 Å². The first-order valence-corrected chi connectivity index (χ1v) is 8.91. The first-order chi connectivity index (χ1) is 12.8. The van der Waals surface area contributed by atoms with Crippen LogP contribution in [0.4, 0.5) is 0 Å². The molecule has 0 atom stereocenters. The van der Waals surface area contributed by atoms with Crippen molar-refractivity contribution in [1.29, 1.82) is 0 Å². The van der Waals surface area contributed by atoms with Gasteiger partial charge in [-0.05, 0) is 34.4 Å². The Labute approximate surface area is 153 Å². The Morgan fingerprint density at radius 1 is 1.08 bits per heavy atom. The lowest BCUT2D eigenvalue weighted by Gasteiger charge is -2.07. The molecule has 0 saturated heterocycles. The van der Waals surface area contributed by atoms with Gasteiger partial charge in [0.2, 0.25) is 5.89 Å². The zero-order chi connectivity index (χ0) is 17.8. The van der Waals surface area contributed by atoms with Gasteiger partial charge in [0.15, 0.2) is 6.61 Å². The van der Waals surface area contributed by atoms with Crippen LogP contribution in [0.3, 0.4) is 0 Å². The number of esters is 1. The highest BCUT2D eigenvalue weighted by atomic mass is 32.1. The van der Waals surface area contributed by atoms with E-state index in [1.165, 1.54) is 17.6 Å². The summed E-state index contributed by atoms with van der Waals surface area (Å²) in [5.74, 6) is 0.694. The maximum absolute atomic E-state index is 11.9. The number of fused-ring (bicyclic) bond motifs is 1. The molecule has 2 heterocycles. The number of hydrogen-bond donors (Lipinski definition) is 0. The Kier molecular flexibility index (Phi) is 4.66. The SMILES string of the molecule is O=C(COc1ccc2ccccc2c1)OCc1coc(-c2cccs2)n1. The van der Waals surface area contributed by atoms with Crippen LogP contribution in [-0.4, -0.2) is 17.6 Å². The molecule has 4 aromatic rings. The number of aromatic nitrogens is 1. The van der Waals surface area contributed by atoms with E-state index in [1.54, 1.807) is 0 Å². The van der Waals surface area contributed by atoms with Gasteiger partial charge in [0.1, 0.15) is 24.3 Å². The fourth-order valence-corrected chi connectivity index (χ4v) is 3.14. The van der Waals surface area contributed by atoms with Gasteiger partial charge in [-0.3, -0.25) is 0 Å². The molecule has 2 aromatic heterocycles. The first-order valence-electron chi connectivity index (χ1n) is 8.03. The zero-order valence-electron chi connectivity index (χ0n) is 13.8. The zero-order valence-corrected chi connectivity index (χ0v) is 14.6. The fourth-order valence-electron chi connectivity index (χ4n) is 2.48. The third-order valence-corrected chi connectivity index (χ3v) is 4.60. The Hall–Kier alpha value is -3.12. The number of hydrogen-bond acceptors (Lipinski definition) is 6. The molecule has 0 aliphatic heterocycles. The summed E-state index contributed by atoms with van der Waals surface area (Å²) >= 11 is 1.54. The lowest BCUT2D eigenvalue weighted by Crippen LogP contribution is -2.14. The van der Waals surface area contributed by atoms with Crippen molar-refractivity contribution in [2.75, 3.05) is 6.61 Å². The molecule has 6 heteroatoms. The monoisotopic (exact) mass is 365 g/mol. The Balaban J connectivity index is 1.30. The Morgan fingerprint density at radius 3 is 2.81 bits per heavy atom. The molecule has 0 aliphatic rings. The van der Waals surface area contributed by atoms with Gasteiger partial charge in [0, 0.05) is 0 Å². The summed E-state index contributed by atoms with van der Waals surface area (Å²) in [6, 6.07) is 17.5. The Morgan fingerprint density at radius 2 is 1.96 bits per heavy atom. The highest BCUT2D eigenvalue weighted by Gasteiger charge is 2.10. The molecule has 0 unspecified atom stereocenters. The van der Waals surface area contributed by atoms with Crippen LogP contribution < -0.4 is 4.74 Å². The summed E-state index contributed by atoms with van der Waals surface area (Å²) in [6.45, 7) is -0.108. The fraction of sp³-hybridized carbons (Fsp3) is 0.100. The molecule has 0 spiro atoms. The van der Waals surface area contributed by atoms with Gasteiger partial charge >= 0.3 is 5.97 Å². The molecule has 5 nitrogen and oxygen atoms in total. The maximum Gasteiger partial charge on any atom is 0.344 e. The number of thiophene rings is 1. The van der Waals surface area contributed by atoms with Gasteiger partial charge in [-0.25, -0.2) is 9.78 Å². The van der Waals surface area contributed by atoms with Crippen molar-refractivity contribution < 1.29 is 18.7 Å². The molecule has 4 rings (SSSR count). The second-order valence-electron chi connectivity index (χ2n) is 5.58. The molecule has 0 bridgehead atoms. The van der Waals surface area contributed by atoms with Crippen LogP contribution >= 0.6 is 11.3 Å². The van der Waals surface area contributed by atoms with E-state index in [4.69, 9.17) is 13.9 Å². The van der Waals surface area contributed by atoms with E-state index in [9.17, 15) is 4.79 Å². The number of carbonyl (C=O) groups is 1. The molecule has 0 radical (unpaired) electrons. The molecular formula is C20H15NO4S. The second kappa shape index (κ2) is 7.41. The van der Waals surface area contributed by atoms with E-state index in [0.29, 0.717) is 17.3 Å². The van der Waals surface area contributed by atoms with Crippen LogP contribution in [0, 0.1) is 0 Å². The van der Waals surface area contributed by atoms with Crippen LogP contribution in [0.25, 0.3) is 21.5 Å². The smallest absolute Gasteiger partial charge is 0.344 e. The summed E-state index contributed by atoms with van der Waals surface area (Å²) < 4.78 is 16.1. The van der Waals surface area contributed by atoms with Crippen LogP contribution in [-0.2, 0) is 16.1 Å². The lowest BCUT2D eigenvalue weighted by atomic mass is 10.1. The van der Waals surface area contributed by atoms with E-state index in [1.807, 2.05) is 60.0 Å². The summed E-state index contributed by atoms with van der Waals surface area (Å²) in [5.41, 5.74) is 0.562. The van der Waals surface area contributed by atoms with Gasteiger partial charge in [0.05, 0.1) is 4.88 Å². The average Bonchev–Trinajstić information content (AvgIpc) is 3.36. The first kappa shape index (κ1) is 16.4. The molecule has 0 saturated carbocycles. The van der Waals surface area contributed by atoms with Crippen molar-refractivity contribution in [2.45, 2.75) is 6.61 Å². The summed E-state index contributed by atoms with van der Waals surface area (Å²) in [7, 11) is 0. The molecule has 0 N–H and O–H groups in total. The Bertz CT molecular complexity index is 1020. The molecule has 26 heavy (non-hydrogen) atoms. The maximum atomic E-state index is 11.9. The van der Waals surface area contributed by atoms with E-state index in [0.717, 1.165) is 15.6 Å². The molecule has 130 valence electrons. The predicted molar refractivity (Wildman–Crippen MR) is 99.1 cm³/mol. The summed E-state index contributed by atoms with van der Waals surface area (Å²) in [4.78, 5) is 17.1. The normalized spacial score (nSPS) is 10.8. The van der Waals surface area contributed by atoms with Gasteiger partial charge < -0.3 is 13.9 Å². The largest absolute Gasteiger partial charge is 0.482 e. The number of benzene rings is 2. The van der Waals surface area contributed by atoms with E-state index >= 15 is 0 Å². The van der Waals surface area contributed by atoms with Crippen molar-refractivity contribution >= 4 is 28.1 Å². The summed E-state index contributed by atoms with van der Waals surface area (Å²) in [6.07, 6.45) is 1.49. The van der Waals surface area contributed by atoms with Crippen molar-refractivity contribution in [2.24, 2.45) is 0 Å². The van der Waals surface area contributed by atoms with Crippen LogP contribution in [0.5, 0.6) is 5.75 Å². The van der Waals surface area contributed by atoms with Crippen molar-refractivity contribution in [3.8, 4) is 16.5 Å². The number of carbonyl (C=O) groups excluding carboxylic acids is 1. The predicted octanol–water partition coefficient (Wildman–Crippen LogP) is 4.68. The summed E-state index contributed by atoms with van der Waals surface area (Å²) in [5, 5.41) is 4.13. The van der Waals surface area contributed by atoms with Crippen LogP contribution in [0.15, 0.2) is 70.7 Å². The highest BCUT2D eigenvalue weighted by molar-refractivity contribution is 7.13. The number of ether oxygens (including phenoxy) is 2. The minimum absolute atomic E-state index is 0.0504. The van der Waals surface area contributed by atoms with Crippen LogP contribution in [0.2, 0.25) is 0 Å². The number of nitrogens with zero attached hydrogens (tertiary/aromatic N) is 1. The van der Waals surface area contributed by atoms with E-state index in [2.05, 4.69) is 4.98 Å². The van der Waals surface area contributed by atoms with E-state index in [-0.39, 0.29) is 13.2 Å². The van der Waals surface area contributed by atoms with Gasteiger partial charge in [0.25, 0.3) is 0 Å². The van der Waals surface area contributed by atoms with Crippen LogP contribution in [0.1, 0.15) is 5.69 Å². The average molecular weight is 365 g/mol. The third-order valence-electron chi connectivity index (χ3n) is 3.74. The van der Waals surface area contributed by atoms with Crippen molar-refractivity contribution in [3.63, 3.8) is 0 Å². The van der Waals surface area contributed by atoms with Gasteiger partial charge in [-0.2, -0.15) is 0 Å². The highest BCUT2D eigenvalue weighted by Crippen LogP contribution is 2.24. The molecule has 2 aromatic carbocycles. The number of oxazole rings is 1. The van der Waals surface area contributed by atoms with Gasteiger partial charge in [-0.15, -0.1) is 11.3 Å². The minimum Gasteiger partial charge on any atom is -0.482 e. The minimum atomic E-state index is -0.459. The number of rotatable bonds is 6. The lowest BCUT2D eigenvalue weighted by molar-refractivity contribution is -0.147. The molecule has 0 aliphatic carbocycles. The molecule has 0 fully saturated rings. The topological polar surface area (TPSA) is 61.6 Å². The standard InChI is InChI=1S/C20H15NO4S/c22-19(13-23-17-8-7-14-4-1-2-5-15(14)10-17)24-11-16-12-25-20(21-16)18-6-3-9-26-18/h1-10,12H,11,13H2. The molecule has 0 amide bonds. The third kappa shape index (κ3) is 3.75.